The van der Waals surface area contributed by atoms with E-state index in [1.165, 1.54) is 0 Å². The first kappa shape index (κ1) is 14.8. The van der Waals surface area contributed by atoms with E-state index in [1.807, 2.05) is 26.0 Å². The zero-order chi connectivity index (χ0) is 15.2. The van der Waals surface area contributed by atoms with Gasteiger partial charge in [-0.3, -0.25) is 0 Å². The summed E-state index contributed by atoms with van der Waals surface area (Å²) >= 11 is 0. The third-order valence-electron chi connectivity index (χ3n) is 2.43. The molecule has 2 aromatic heterocycles. The maximum Gasteiger partial charge on any atom is 0.323 e. The van der Waals surface area contributed by atoms with Gasteiger partial charge in [-0.05, 0) is 25.5 Å². The van der Waals surface area contributed by atoms with Crippen LogP contribution in [-0.4, -0.2) is 33.1 Å². The minimum Gasteiger partial charge on any atom is -0.481 e. The molecule has 112 valence electrons. The summed E-state index contributed by atoms with van der Waals surface area (Å²) in [7, 11) is 1.57. The zero-order valence-electron chi connectivity index (χ0n) is 12.2. The average molecular weight is 290 g/mol. The van der Waals surface area contributed by atoms with Crippen molar-refractivity contribution in [1.29, 1.82) is 0 Å². The Balaban J connectivity index is 2.06. The lowest BCUT2D eigenvalue weighted by molar-refractivity contribution is 0.222. The van der Waals surface area contributed by atoms with Crippen LogP contribution in [0.4, 0.5) is 11.9 Å². The van der Waals surface area contributed by atoms with Crippen molar-refractivity contribution in [2.75, 3.05) is 18.2 Å². The molecule has 0 radical (unpaired) electrons. The molecule has 21 heavy (non-hydrogen) atoms. The van der Waals surface area contributed by atoms with Crippen LogP contribution in [0.25, 0.3) is 0 Å². The summed E-state index contributed by atoms with van der Waals surface area (Å²) in [6.07, 6.45) is 1.63. The Morgan fingerprint density at radius 3 is 2.81 bits per heavy atom. The minimum atomic E-state index is -0.0379. The van der Waals surface area contributed by atoms with Crippen LogP contribution in [-0.2, 0) is 6.54 Å². The highest BCUT2D eigenvalue weighted by Gasteiger charge is 2.07. The molecule has 0 atom stereocenters. The van der Waals surface area contributed by atoms with Crippen molar-refractivity contribution >= 4 is 11.9 Å². The van der Waals surface area contributed by atoms with Crippen LogP contribution in [0.3, 0.4) is 0 Å². The molecule has 2 aromatic rings. The normalized spacial score (nSPS) is 10.5. The smallest absolute Gasteiger partial charge is 0.323 e. The lowest BCUT2D eigenvalue weighted by Gasteiger charge is -2.10. The van der Waals surface area contributed by atoms with E-state index >= 15 is 0 Å². The van der Waals surface area contributed by atoms with Crippen molar-refractivity contribution < 1.29 is 9.47 Å². The third-order valence-corrected chi connectivity index (χ3v) is 2.43. The van der Waals surface area contributed by atoms with Crippen molar-refractivity contribution in [2.24, 2.45) is 0 Å². The van der Waals surface area contributed by atoms with E-state index in [2.05, 4.69) is 25.3 Å². The van der Waals surface area contributed by atoms with Gasteiger partial charge < -0.3 is 20.5 Å². The fourth-order valence-electron chi connectivity index (χ4n) is 1.57. The molecule has 0 bridgehead atoms. The maximum absolute atomic E-state index is 5.64. The molecule has 0 spiro atoms. The lowest BCUT2D eigenvalue weighted by Crippen LogP contribution is -2.13. The zero-order valence-corrected chi connectivity index (χ0v) is 12.2. The van der Waals surface area contributed by atoms with E-state index < -0.39 is 0 Å². The van der Waals surface area contributed by atoms with E-state index in [0.717, 1.165) is 5.56 Å². The molecule has 8 heteroatoms. The second-order valence-electron chi connectivity index (χ2n) is 4.53. The highest BCUT2D eigenvalue weighted by molar-refractivity contribution is 5.34. The molecule has 0 unspecified atom stereocenters. The number of hydrogen-bond acceptors (Lipinski definition) is 8. The molecule has 0 aromatic carbocycles. The van der Waals surface area contributed by atoms with Crippen molar-refractivity contribution in [3.63, 3.8) is 0 Å². The number of pyridine rings is 1. The Kier molecular flexibility index (Phi) is 4.70. The van der Waals surface area contributed by atoms with Crippen LogP contribution in [0.15, 0.2) is 18.3 Å². The molecule has 0 amide bonds. The van der Waals surface area contributed by atoms with E-state index in [0.29, 0.717) is 18.4 Å². The quantitative estimate of drug-likeness (QED) is 0.818. The summed E-state index contributed by atoms with van der Waals surface area (Å²) in [6, 6.07) is 3.89. The van der Waals surface area contributed by atoms with E-state index in [9.17, 15) is 0 Å². The number of aromatic nitrogens is 4. The number of nitrogen functional groups attached to an aromatic ring is 1. The summed E-state index contributed by atoms with van der Waals surface area (Å²) < 4.78 is 10.5. The van der Waals surface area contributed by atoms with Crippen molar-refractivity contribution in [1.82, 2.24) is 19.9 Å². The predicted molar refractivity (Wildman–Crippen MR) is 78.1 cm³/mol. The highest BCUT2D eigenvalue weighted by Crippen LogP contribution is 2.13. The van der Waals surface area contributed by atoms with E-state index in [1.54, 1.807) is 13.3 Å². The third kappa shape index (κ3) is 4.44. The number of nitrogens with zero attached hydrogens (tertiary/aromatic N) is 4. The van der Waals surface area contributed by atoms with Gasteiger partial charge in [-0.1, -0.05) is 0 Å². The molecule has 2 heterocycles. The standard InChI is InChI=1S/C13H18N6O2/c1-8(2)21-13-18-11(14)17-12(19-13)16-7-9-4-5-15-10(6-9)20-3/h4-6,8H,7H2,1-3H3,(H3,14,16,17,18,19). The molecule has 0 aliphatic carbocycles. The van der Waals surface area contributed by atoms with Crippen LogP contribution in [0.2, 0.25) is 0 Å². The summed E-state index contributed by atoms with van der Waals surface area (Å²) in [5.41, 5.74) is 6.62. The molecule has 3 N–H and O–H groups in total. The molecule has 0 aliphatic heterocycles. The first-order chi connectivity index (χ1) is 10.1. The van der Waals surface area contributed by atoms with Crippen LogP contribution < -0.4 is 20.5 Å². The number of anilines is 2. The summed E-state index contributed by atoms with van der Waals surface area (Å²) in [5.74, 6) is 1.01. The van der Waals surface area contributed by atoms with Crippen LogP contribution in [0, 0.1) is 0 Å². The van der Waals surface area contributed by atoms with E-state index in [4.69, 9.17) is 15.2 Å². The van der Waals surface area contributed by atoms with Crippen molar-refractivity contribution in [2.45, 2.75) is 26.5 Å². The van der Waals surface area contributed by atoms with Gasteiger partial charge in [-0.15, -0.1) is 0 Å². The Bertz CT molecular complexity index is 605. The summed E-state index contributed by atoms with van der Waals surface area (Å²) in [6.45, 7) is 4.27. The Morgan fingerprint density at radius 1 is 1.29 bits per heavy atom. The van der Waals surface area contributed by atoms with Crippen molar-refractivity contribution in [3.8, 4) is 11.9 Å². The Labute approximate surface area is 122 Å². The van der Waals surface area contributed by atoms with Gasteiger partial charge in [0.1, 0.15) is 0 Å². The molecular formula is C13H18N6O2. The van der Waals surface area contributed by atoms with Gasteiger partial charge in [0.15, 0.2) is 0 Å². The maximum atomic E-state index is 5.64. The van der Waals surface area contributed by atoms with Gasteiger partial charge in [-0.2, -0.15) is 15.0 Å². The topological polar surface area (TPSA) is 108 Å². The number of methoxy groups -OCH3 is 1. The first-order valence-electron chi connectivity index (χ1n) is 6.48. The largest absolute Gasteiger partial charge is 0.481 e. The summed E-state index contributed by atoms with van der Waals surface area (Å²) in [4.78, 5) is 16.1. The van der Waals surface area contributed by atoms with Gasteiger partial charge in [-0.25, -0.2) is 4.98 Å². The highest BCUT2D eigenvalue weighted by atomic mass is 16.5. The monoisotopic (exact) mass is 290 g/mol. The molecule has 8 nitrogen and oxygen atoms in total. The Morgan fingerprint density at radius 2 is 2.10 bits per heavy atom. The number of hydrogen-bond donors (Lipinski definition) is 2. The van der Waals surface area contributed by atoms with Crippen LogP contribution >= 0.6 is 0 Å². The van der Waals surface area contributed by atoms with Gasteiger partial charge in [0.2, 0.25) is 17.8 Å². The second-order valence-corrected chi connectivity index (χ2v) is 4.53. The summed E-state index contributed by atoms with van der Waals surface area (Å²) in [5, 5.41) is 3.06. The number of rotatable bonds is 6. The van der Waals surface area contributed by atoms with Crippen LogP contribution in [0.5, 0.6) is 11.9 Å². The number of ether oxygens (including phenoxy) is 2. The van der Waals surface area contributed by atoms with E-state index in [-0.39, 0.29) is 18.1 Å². The molecule has 0 saturated carbocycles. The molecule has 0 aliphatic rings. The number of nitrogens with two attached hydrogens (primary N) is 1. The van der Waals surface area contributed by atoms with Crippen LogP contribution in [0.1, 0.15) is 19.4 Å². The molecular weight excluding hydrogens is 272 g/mol. The fraction of sp³-hybridized carbons (Fsp3) is 0.385. The van der Waals surface area contributed by atoms with Gasteiger partial charge in [0, 0.05) is 18.8 Å². The SMILES string of the molecule is COc1cc(CNc2nc(N)nc(OC(C)C)n2)ccn1. The average Bonchev–Trinajstić information content (AvgIpc) is 2.44. The molecule has 0 fully saturated rings. The predicted octanol–water partition coefficient (Wildman–Crippen LogP) is 1.26. The fourth-order valence-corrected chi connectivity index (χ4v) is 1.57. The first-order valence-corrected chi connectivity index (χ1v) is 6.48. The van der Waals surface area contributed by atoms with Gasteiger partial charge in [0.25, 0.3) is 0 Å². The van der Waals surface area contributed by atoms with Gasteiger partial charge >= 0.3 is 6.01 Å². The number of nitrogens with one attached hydrogen (secondary N) is 1. The van der Waals surface area contributed by atoms with Crippen molar-refractivity contribution in [3.05, 3.63) is 23.9 Å². The Hall–Kier alpha value is -2.64. The van der Waals surface area contributed by atoms with Gasteiger partial charge in [0.05, 0.1) is 13.2 Å². The minimum absolute atomic E-state index is 0.0379. The molecule has 2 rings (SSSR count). The lowest BCUT2D eigenvalue weighted by atomic mass is 10.2. The molecule has 0 saturated heterocycles. The second kappa shape index (κ2) is 6.69.